The van der Waals surface area contributed by atoms with Gasteiger partial charge in [-0.25, -0.2) is 22.7 Å². The minimum Gasteiger partial charge on any atom is -0.465 e. The lowest BCUT2D eigenvalue weighted by Crippen LogP contribution is -2.54. The number of esters is 1. The molecule has 0 unspecified atom stereocenters. The average molecular weight is 867 g/mol. The zero-order valence-corrected chi connectivity index (χ0v) is 34.0. The zero-order chi connectivity index (χ0) is 44.6. The highest BCUT2D eigenvalue weighted by molar-refractivity contribution is 7.88. The van der Waals surface area contributed by atoms with E-state index in [1.807, 2.05) is 30.3 Å². The number of benzene rings is 4. The number of oxime groups is 1. The normalized spacial score (nSPS) is 12.7. The summed E-state index contributed by atoms with van der Waals surface area (Å²) >= 11 is 0. The number of aryl methyl sites for hydroxylation is 1. The number of alkyl halides is 3. The van der Waals surface area contributed by atoms with E-state index in [1.54, 1.807) is 35.6 Å². The van der Waals surface area contributed by atoms with Crippen LogP contribution in [0.25, 0.3) is 0 Å². The Morgan fingerprint density at radius 1 is 0.738 bits per heavy atom. The second-order valence-electron chi connectivity index (χ2n) is 13.7. The number of carbonyl (C=O) groups excluding carboxylic acids is 5. The van der Waals surface area contributed by atoms with E-state index in [1.165, 1.54) is 49.6 Å². The number of sulfonamides is 1. The summed E-state index contributed by atoms with van der Waals surface area (Å²) < 4.78 is 72.9. The summed E-state index contributed by atoms with van der Waals surface area (Å²) in [6.07, 6.45) is -4.42. The summed E-state index contributed by atoms with van der Waals surface area (Å²) in [4.78, 5) is 67.2. The van der Waals surface area contributed by atoms with Crippen molar-refractivity contribution in [3.05, 3.63) is 142 Å². The molecule has 0 saturated heterocycles. The summed E-state index contributed by atoms with van der Waals surface area (Å²) in [5.41, 5.74) is 8.86. The van der Waals surface area contributed by atoms with E-state index in [-0.39, 0.29) is 41.9 Å². The van der Waals surface area contributed by atoms with Gasteiger partial charge in [-0.1, -0.05) is 96.2 Å². The third-order valence-corrected chi connectivity index (χ3v) is 10.3. The molecular weight excluding hydrogens is 822 g/mol. The summed E-state index contributed by atoms with van der Waals surface area (Å²) in [7, 11) is -3.06. The molecule has 0 fully saturated rings. The average Bonchev–Trinajstić information content (AvgIpc) is 3.23. The highest BCUT2D eigenvalue weighted by Crippen LogP contribution is 2.17. The van der Waals surface area contributed by atoms with Crippen LogP contribution in [0.4, 0.5) is 13.2 Å². The number of methoxy groups -OCH3 is 1. The molecule has 324 valence electrons. The number of nitrogens with two attached hydrogens (primary N) is 1. The van der Waals surface area contributed by atoms with Gasteiger partial charge in [0.05, 0.1) is 18.4 Å². The van der Waals surface area contributed by atoms with Crippen LogP contribution in [0, 0.1) is 0 Å². The quantitative estimate of drug-likeness (QED) is 0.0285. The first-order chi connectivity index (χ1) is 28.9. The van der Waals surface area contributed by atoms with Crippen molar-refractivity contribution in [2.45, 2.75) is 69.7 Å². The van der Waals surface area contributed by atoms with E-state index in [2.05, 4.69) is 25.3 Å². The summed E-state index contributed by atoms with van der Waals surface area (Å²) in [5, 5.41) is 10.7. The molecule has 15 nitrogen and oxygen atoms in total. The molecule has 0 heterocycles. The van der Waals surface area contributed by atoms with Crippen LogP contribution in [0.15, 0.2) is 108 Å². The summed E-state index contributed by atoms with van der Waals surface area (Å²) in [5.74, 6) is -5.65. The Kier molecular flexibility index (Phi) is 17.1. The standard InChI is InChI=1S/C42H45F3N6O9S/c1-27(52)60-50-37(46)33-19-17-29(18-20-33)24-47-38(53)36(23-30-12-6-13-31(21-30)25-48-41(56)42(43,44)45)49-39(54)35(16-8-11-28-9-4-3-5-10-28)51-61(57,58)26-32-14-7-15-34(22-32)40(55)59-2/h3-7,9-10,12-15,17-22,35-36,51H,8,11,16,23-26H2,1-2H3,(H2,46,50)(H,47,53)(H,48,56)(H,49,54)/t35-,36+/m0/s1. The SMILES string of the molecule is COC(=O)c1cccc(CS(=O)(=O)N[C@@H](CCCc2ccccc2)C(=O)N[C@H](Cc2cccc(CNC(=O)C(F)(F)F)c2)C(=O)NCc2ccc(/C(N)=N/OC(C)=O)cc2)c1. The molecule has 0 aliphatic rings. The van der Waals surface area contributed by atoms with Gasteiger partial charge in [-0.05, 0) is 59.2 Å². The first kappa shape index (κ1) is 47.1. The number of nitrogens with zero attached hydrogens (tertiary/aromatic N) is 1. The van der Waals surface area contributed by atoms with Crippen molar-refractivity contribution in [2.75, 3.05) is 7.11 Å². The minimum atomic E-state index is -5.10. The lowest BCUT2D eigenvalue weighted by molar-refractivity contribution is -0.173. The Morgan fingerprint density at radius 3 is 2.05 bits per heavy atom. The number of halogens is 3. The third kappa shape index (κ3) is 15.8. The lowest BCUT2D eigenvalue weighted by Gasteiger charge is -2.24. The van der Waals surface area contributed by atoms with Crippen molar-refractivity contribution in [1.29, 1.82) is 0 Å². The molecule has 0 radical (unpaired) electrons. The molecule has 2 atom stereocenters. The number of nitrogens with one attached hydrogen (secondary N) is 4. The fourth-order valence-corrected chi connectivity index (χ4v) is 7.28. The van der Waals surface area contributed by atoms with Crippen molar-refractivity contribution < 1.29 is 55.1 Å². The first-order valence-corrected chi connectivity index (χ1v) is 20.4. The Balaban J connectivity index is 1.58. The molecule has 0 aromatic heterocycles. The van der Waals surface area contributed by atoms with Gasteiger partial charge in [-0.15, -0.1) is 0 Å². The van der Waals surface area contributed by atoms with E-state index in [0.29, 0.717) is 29.5 Å². The van der Waals surface area contributed by atoms with Gasteiger partial charge in [-0.3, -0.25) is 14.4 Å². The molecule has 0 spiro atoms. The molecule has 0 bridgehead atoms. The maximum Gasteiger partial charge on any atom is 0.471 e. The Labute approximate surface area is 350 Å². The van der Waals surface area contributed by atoms with Crippen LogP contribution < -0.4 is 26.4 Å². The predicted molar refractivity (Wildman–Crippen MR) is 217 cm³/mol. The second kappa shape index (κ2) is 22.1. The molecule has 61 heavy (non-hydrogen) atoms. The van der Waals surface area contributed by atoms with Crippen LogP contribution in [-0.2, 0) is 70.5 Å². The molecule has 0 saturated carbocycles. The van der Waals surface area contributed by atoms with Gasteiger partial charge in [0.25, 0.3) is 0 Å². The summed E-state index contributed by atoms with van der Waals surface area (Å²) in [6.45, 7) is 0.636. The van der Waals surface area contributed by atoms with Crippen molar-refractivity contribution in [2.24, 2.45) is 10.9 Å². The van der Waals surface area contributed by atoms with E-state index in [9.17, 15) is 45.6 Å². The molecule has 4 rings (SSSR count). The van der Waals surface area contributed by atoms with Gasteiger partial charge >= 0.3 is 24.0 Å². The van der Waals surface area contributed by atoms with Gasteiger partial charge in [0.2, 0.25) is 21.8 Å². The fourth-order valence-electron chi connectivity index (χ4n) is 5.92. The van der Waals surface area contributed by atoms with Crippen LogP contribution in [0.2, 0.25) is 0 Å². The molecule has 0 aliphatic carbocycles. The van der Waals surface area contributed by atoms with Gasteiger partial charge in [0.15, 0.2) is 5.84 Å². The van der Waals surface area contributed by atoms with Crippen LogP contribution in [0.5, 0.6) is 0 Å². The minimum absolute atomic E-state index is 0.0150. The van der Waals surface area contributed by atoms with Gasteiger partial charge in [0.1, 0.15) is 12.1 Å². The summed E-state index contributed by atoms with van der Waals surface area (Å²) in [6, 6.07) is 24.8. The van der Waals surface area contributed by atoms with E-state index >= 15 is 0 Å². The number of hydrogen-bond donors (Lipinski definition) is 5. The largest absolute Gasteiger partial charge is 0.471 e. The maximum absolute atomic E-state index is 14.1. The topological polar surface area (TPSA) is 224 Å². The van der Waals surface area contributed by atoms with E-state index < -0.39 is 70.2 Å². The molecule has 4 aromatic carbocycles. The number of carbonyl (C=O) groups is 5. The van der Waals surface area contributed by atoms with Crippen LogP contribution in [-0.4, -0.2) is 69.3 Å². The highest BCUT2D eigenvalue weighted by Gasteiger charge is 2.38. The highest BCUT2D eigenvalue weighted by atomic mass is 32.2. The van der Waals surface area contributed by atoms with Crippen molar-refractivity contribution in [1.82, 2.24) is 20.7 Å². The zero-order valence-electron chi connectivity index (χ0n) is 33.2. The molecule has 3 amide bonds. The number of ether oxygens (including phenoxy) is 1. The number of amides is 3. The van der Waals surface area contributed by atoms with Gasteiger partial charge in [0, 0.05) is 32.0 Å². The van der Waals surface area contributed by atoms with Crippen molar-refractivity contribution >= 4 is 45.5 Å². The first-order valence-electron chi connectivity index (χ1n) is 18.7. The molecule has 6 N–H and O–H groups in total. The smallest absolute Gasteiger partial charge is 0.465 e. The Morgan fingerprint density at radius 2 is 1.38 bits per heavy atom. The molecule has 4 aromatic rings. The van der Waals surface area contributed by atoms with Gasteiger partial charge in [-0.2, -0.15) is 13.2 Å². The van der Waals surface area contributed by atoms with Crippen molar-refractivity contribution in [3.8, 4) is 0 Å². The number of amidine groups is 1. The third-order valence-electron chi connectivity index (χ3n) is 8.91. The lowest BCUT2D eigenvalue weighted by atomic mass is 10.0. The maximum atomic E-state index is 14.1. The molecule has 19 heteroatoms. The van der Waals surface area contributed by atoms with E-state index in [4.69, 9.17) is 10.5 Å². The van der Waals surface area contributed by atoms with Crippen LogP contribution >= 0.6 is 0 Å². The van der Waals surface area contributed by atoms with Crippen molar-refractivity contribution in [3.63, 3.8) is 0 Å². The van der Waals surface area contributed by atoms with Crippen LogP contribution in [0.1, 0.15) is 63.5 Å². The number of rotatable bonds is 20. The predicted octanol–water partition coefficient (Wildman–Crippen LogP) is 3.69. The Bertz CT molecular complexity index is 2310. The van der Waals surface area contributed by atoms with Gasteiger partial charge < -0.3 is 31.3 Å². The monoisotopic (exact) mass is 866 g/mol. The van der Waals surface area contributed by atoms with E-state index in [0.717, 1.165) is 12.5 Å². The second-order valence-corrected chi connectivity index (χ2v) is 15.5. The molecular formula is C42H45F3N6O9S. The van der Waals surface area contributed by atoms with Crippen LogP contribution in [0.3, 0.4) is 0 Å². The molecule has 0 aliphatic heterocycles. The fraction of sp³-hybridized carbons (Fsp3) is 0.286. The Hall–Kier alpha value is -6.60. The number of hydrogen-bond acceptors (Lipinski definition) is 10.